The predicted molar refractivity (Wildman–Crippen MR) is 123 cm³/mol. The highest BCUT2D eigenvalue weighted by Gasteiger charge is 2.22. The van der Waals surface area contributed by atoms with Crippen LogP contribution in [0, 0.1) is 6.92 Å². The molecule has 0 bridgehead atoms. The number of fused-ring (bicyclic) bond motifs is 1. The van der Waals surface area contributed by atoms with E-state index >= 15 is 0 Å². The monoisotopic (exact) mass is 494 g/mol. The number of esters is 1. The molecule has 0 fully saturated rings. The fourth-order valence-electron chi connectivity index (χ4n) is 3.07. The zero-order valence-corrected chi connectivity index (χ0v) is 20.0. The Balaban J connectivity index is 1.74. The Labute approximate surface area is 196 Å². The predicted octanol–water partition coefficient (Wildman–Crippen LogP) is 3.84. The highest BCUT2D eigenvalue weighted by Crippen LogP contribution is 2.30. The summed E-state index contributed by atoms with van der Waals surface area (Å²) in [5.74, 6) is -0.255. The summed E-state index contributed by atoms with van der Waals surface area (Å²) in [7, 11) is -1.01. The van der Waals surface area contributed by atoms with Crippen molar-refractivity contribution in [2.24, 2.45) is 0 Å². The normalized spacial score (nSPS) is 11.6. The second-order valence-corrected chi connectivity index (χ2v) is 9.71. The number of sulfonamides is 1. The lowest BCUT2D eigenvalue weighted by atomic mass is 10.1. The van der Waals surface area contributed by atoms with E-state index in [9.17, 15) is 18.0 Å². The first kappa shape index (κ1) is 24.6. The van der Waals surface area contributed by atoms with Gasteiger partial charge in [0.15, 0.2) is 6.61 Å². The van der Waals surface area contributed by atoms with Crippen molar-refractivity contribution >= 4 is 50.2 Å². The summed E-state index contributed by atoms with van der Waals surface area (Å²) in [6, 6.07) is 8.99. The molecule has 1 N–H and O–H groups in total. The third-order valence-corrected chi connectivity index (χ3v) is 6.96. The number of carbonyl (C=O) groups excluding carboxylic acids is 2. The minimum Gasteiger partial charge on any atom is -0.484 e. The molecule has 0 saturated heterocycles. The van der Waals surface area contributed by atoms with Crippen molar-refractivity contribution < 1.29 is 31.9 Å². The molecule has 0 spiro atoms. The molecule has 0 saturated carbocycles. The van der Waals surface area contributed by atoms with Crippen molar-refractivity contribution in [3.05, 3.63) is 52.7 Å². The number of halogens is 1. The first-order valence-corrected chi connectivity index (χ1v) is 11.7. The number of furan rings is 1. The number of hydrogen-bond acceptors (Lipinski definition) is 7. The minimum atomic E-state index is -3.78. The molecule has 33 heavy (non-hydrogen) atoms. The van der Waals surface area contributed by atoms with Crippen LogP contribution in [-0.2, 0) is 19.6 Å². The Hall–Kier alpha value is -3.08. The number of benzene rings is 2. The fraction of sp³-hybridized carbons (Fsp3) is 0.273. The number of carbonyl (C=O) groups is 2. The van der Waals surface area contributed by atoms with Gasteiger partial charge in [0.25, 0.3) is 5.91 Å². The fourth-order valence-corrected chi connectivity index (χ4v) is 4.46. The van der Waals surface area contributed by atoms with Gasteiger partial charge in [-0.05, 0) is 50.2 Å². The van der Waals surface area contributed by atoms with E-state index in [1.807, 2.05) is 0 Å². The maximum atomic E-state index is 12.4. The largest absolute Gasteiger partial charge is 0.484 e. The van der Waals surface area contributed by atoms with E-state index in [0.29, 0.717) is 28.0 Å². The maximum absolute atomic E-state index is 12.4. The van der Waals surface area contributed by atoms with Gasteiger partial charge in [-0.15, -0.1) is 0 Å². The first-order valence-electron chi connectivity index (χ1n) is 9.89. The summed E-state index contributed by atoms with van der Waals surface area (Å²) in [6.07, 6.45) is 0. The second kappa shape index (κ2) is 9.82. The molecular weight excluding hydrogens is 472 g/mol. The van der Waals surface area contributed by atoms with Crippen LogP contribution in [0.15, 0.2) is 45.7 Å². The van der Waals surface area contributed by atoms with Crippen LogP contribution in [-0.4, -0.2) is 51.9 Å². The summed E-state index contributed by atoms with van der Waals surface area (Å²) in [5.41, 5.74) is 1.04. The molecular formula is C22H23ClN2O7S. The summed E-state index contributed by atoms with van der Waals surface area (Å²) in [6.45, 7) is 3.25. The maximum Gasteiger partial charge on any atom is 0.342 e. The van der Waals surface area contributed by atoms with Gasteiger partial charge in [-0.3, -0.25) is 4.79 Å². The number of nitrogens with one attached hydrogen (secondary N) is 1. The number of amides is 1. The van der Waals surface area contributed by atoms with Gasteiger partial charge < -0.3 is 19.2 Å². The van der Waals surface area contributed by atoms with Crippen LogP contribution in [0.1, 0.15) is 23.0 Å². The summed E-state index contributed by atoms with van der Waals surface area (Å²) >= 11 is 6.02. The number of rotatable bonds is 8. The van der Waals surface area contributed by atoms with Crippen molar-refractivity contribution in [2.45, 2.75) is 18.7 Å². The molecule has 1 aromatic heterocycles. The molecule has 11 heteroatoms. The number of hydrogen-bond donors (Lipinski definition) is 1. The van der Waals surface area contributed by atoms with Gasteiger partial charge >= 0.3 is 5.97 Å². The molecule has 3 aromatic rings. The van der Waals surface area contributed by atoms with Gasteiger partial charge in [0.05, 0.1) is 11.6 Å². The molecule has 0 aliphatic carbocycles. The van der Waals surface area contributed by atoms with Crippen molar-refractivity contribution in [3.63, 3.8) is 0 Å². The molecule has 3 rings (SSSR count). The molecule has 2 aromatic carbocycles. The first-order chi connectivity index (χ1) is 15.5. The number of nitrogens with zero attached hydrogens (tertiary/aromatic N) is 1. The second-order valence-electron chi connectivity index (χ2n) is 7.18. The Bertz CT molecular complexity index is 1320. The Morgan fingerprint density at radius 1 is 1.15 bits per heavy atom. The standard InChI is InChI=1S/C22H23ClN2O7S/c1-5-30-22(27)21-13(2)32-18-9-7-15(11-16(18)21)31-12-20(26)24-14-6-8-17(23)19(10-14)33(28,29)25(3)4/h6-11H,5,12H2,1-4H3,(H,24,26). The summed E-state index contributed by atoms with van der Waals surface area (Å²) in [5, 5.41) is 3.14. The van der Waals surface area contributed by atoms with Gasteiger partial charge in [-0.2, -0.15) is 0 Å². The zero-order chi connectivity index (χ0) is 24.3. The molecule has 0 aliphatic heterocycles. The lowest BCUT2D eigenvalue weighted by Crippen LogP contribution is -2.23. The number of ether oxygens (including phenoxy) is 2. The van der Waals surface area contributed by atoms with Gasteiger partial charge in [-0.1, -0.05) is 11.6 Å². The number of anilines is 1. The minimum absolute atomic E-state index is 0.0408. The molecule has 1 amide bonds. The quantitative estimate of drug-likeness (QED) is 0.473. The molecule has 9 nitrogen and oxygen atoms in total. The van der Waals surface area contributed by atoms with E-state index in [2.05, 4.69) is 5.32 Å². The lowest BCUT2D eigenvalue weighted by Gasteiger charge is -2.14. The van der Waals surface area contributed by atoms with E-state index in [4.69, 9.17) is 25.5 Å². The molecule has 0 radical (unpaired) electrons. The molecule has 0 unspecified atom stereocenters. The van der Waals surface area contributed by atoms with Gasteiger partial charge in [-0.25, -0.2) is 17.5 Å². The van der Waals surface area contributed by atoms with Gasteiger partial charge in [0.1, 0.15) is 27.6 Å². The summed E-state index contributed by atoms with van der Waals surface area (Å²) in [4.78, 5) is 24.5. The smallest absolute Gasteiger partial charge is 0.342 e. The van der Waals surface area contributed by atoms with Crippen LogP contribution in [0.5, 0.6) is 5.75 Å². The molecule has 0 atom stereocenters. The highest BCUT2D eigenvalue weighted by atomic mass is 35.5. The third-order valence-electron chi connectivity index (χ3n) is 4.66. The van der Waals surface area contributed by atoms with Crippen LogP contribution < -0.4 is 10.1 Å². The Kier molecular flexibility index (Phi) is 7.31. The SMILES string of the molecule is CCOC(=O)c1c(C)oc2ccc(OCC(=O)Nc3ccc(Cl)c(S(=O)(=O)N(C)C)c3)cc12. The molecule has 0 aliphatic rings. The topological polar surface area (TPSA) is 115 Å². The van der Waals surface area contributed by atoms with Crippen LogP contribution in [0.3, 0.4) is 0 Å². The van der Waals surface area contributed by atoms with E-state index < -0.39 is 21.9 Å². The van der Waals surface area contributed by atoms with Crippen molar-refractivity contribution in [1.29, 1.82) is 0 Å². The number of aryl methyl sites for hydroxylation is 1. The van der Waals surface area contributed by atoms with Gasteiger partial charge in [0, 0.05) is 25.2 Å². The van der Waals surface area contributed by atoms with Crippen LogP contribution in [0.4, 0.5) is 5.69 Å². The third kappa shape index (κ3) is 5.29. The lowest BCUT2D eigenvalue weighted by molar-refractivity contribution is -0.118. The zero-order valence-electron chi connectivity index (χ0n) is 18.5. The Morgan fingerprint density at radius 3 is 2.55 bits per heavy atom. The Morgan fingerprint density at radius 2 is 1.88 bits per heavy atom. The van der Waals surface area contributed by atoms with Crippen LogP contribution >= 0.6 is 11.6 Å². The van der Waals surface area contributed by atoms with Crippen molar-refractivity contribution in [2.75, 3.05) is 32.6 Å². The van der Waals surface area contributed by atoms with E-state index in [1.165, 1.54) is 32.3 Å². The molecule has 1 heterocycles. The van der Waals surface area contributed by atoms with E-state index in [1.54, 1.807) is 32.0 Å². The van der Waals surface area contributed by atoms with E-state index in [0.717, 1.165) is 4.31 Å². The average Bonchev–Trinajstić information content (AvgIpc) is 3.08. The summed E-state index contributed by atoms with van der Waals surface area (Å²) < 4.78 is 42.0. The van der Waals surface area contributed by atoms with Crippen LogP contribution in [0.2, 0.25) is 5.02 Å². The van der Waals surface area contributed by atoms with Gasteiger partial charge in [0.2, 0.25) is 10.0 Å². The van der Waals surface area contributed by atoms with Crippen LogP contribution in [0.25, 0.3) is 11.0 Å². The van der Waals surface area contributed by atoms with Crippen molar-refractivity contribution in [3.8, 4) is 5.75 Å². The van der Waals surface area contributed by atoms with Crippen molar-refractivity contribution in [1.82, 2.24) is 4.31 Å². The highest BCUT2D eigenvalue weighted by molar-refractivity contribution is 7.89. The molecule has 176 valence electrons. The average molecular weight is 495 g/mol. The van der Waals surface area contributed by atoms with E-state index in [-0.39, 0.29) is 28.8 Å².